The molecule has 0 aliphatic carbocycles. The van der Waals surface area contributed by atoms with E-state index < -0.39 is 0 Å². The highest BCUT2D eigenvalue weighted by molar-refractivity contribution is 14.0. The molecule has 1 aromatic rings. The first-order valence-corrected chi connectivity index (χ1v) is 7.25. The monoisotopic (exact) mass is 423 g/mol. The van der Waals surface area contributed by atoms with E-state index in [1.807, 2.05) is 13.0 Å². The molecule has 1 aromatic heterocycles. The summed E-state index contributed by atoms with van der Waals surface area (Å²) in [5.41, 5.74) is 0.934. The van der Waals surface area contributed by atoms with Gasteiger partial charge in [0.1, 0.15) is 6.54 Å². The number of carbonyl (C=O) groups is 1. The number of nitrogens with zero attached hydrogens (tertiary/aromatic N) is 2. The smallest absolute Gasteiger partial charge is 0.216 e. The van der Waals surface area contributed by atoms with Crippen molar-refractivity contribution in [1.82, 2.24) is 21.1 Å². The van der Waals surface area contributed by atoms with Gasteiger partial charge in [0.15, 0.2) is 11.7 Å². The van der Waals surface area contributed by atoms with Crippen molar-refractivity contribution in [3.8, 4) is 0 Å². The Labute approximate surface area is 148 Å². The Balaban J connectivity index is 0.00000441. The molecule has 0 atom stereocenters. The van der Waals surface area contributed by atoms with Crippen LogP contribution in [0.1, 0.15) is 45.1 Å². The van der Waals surface area contributed by atoms with Gasteiger partial charge in [-0.1, -0.05) is 19.0 Å². The molecule has 0 aromatic carbocycles. The number of hydrogen-bond donors (Lipinski definition) is 3. The summed E-state index contributed by atoms with van der Waals surface area (Å²) in [6.07, 6.45) is 0. The Bertz CT molecular complexity index is 474. The van der Waals surface area contributed by atoms with Gasteiger partial charge in [-0.15, -0.1) is 24.0 Å². The molecule has 7 nitrogen and oxygen atoms in total. The highest BCUT2D eigenvalue weighted by atomic mass is 127. The Morgan fingerprint density at radius 2 is 2.00 bits per heavy atom. The second-order valence-corrected chi connectivity index (χ2v) is 4.98. The molecule has 1 amide bonds. The van der Waals surface area contributed by atoms with E-state index in [4.69, 9.17) is 4.52 Å². The van der Waals surface area contributed by atoms with Gasteiger partial charge in [0.05, 0.1) is 5.69 Å². The minimum Gasteiger partial charge on any atom is -0.359 e. The van der Waals surface area contributed by atoms with Crippen LogP contribution in [0.4, 0.5) is 0 Å². The summed E-state index contributed by atoms with van der Waals surface area (Å²) in [7, 11) is 0. The number of hydrogen-bond acceptors (Lipinski definition) is 4. The van der Waals surface area contributed by atoms with Gasteiger partial charge in [-0.25, -0.2) is 4.99 Å². The van der Waals surface area contributed by atoms with Crippen LogP contribution < -0.4 is 16.0 Å². The summed E-state index contributed by atoms with van der Waals surface area (Å²) in [4.78, 5) is 15.2. The van der Waals surface area contributed by atoms with Crippen LogP contribution in [0, 0.1) is 0 Å². The molecule has 0 radical (unpaired) electrons. The molecule has 3 N–H and O–H groups in total. The lowest BCUT2D eigenvalue weighted by Crippen LogP contribution is -2.41. The van der Waals surface area contributed by atoms with Crippen molar-refractivity contribution in [2.45, 2.75) is 40.2 Å². The maximum absolute atomic E-state index is 10.8. The molecule has 0 unspecified atom stereocenters. The SMILES string of the molecule is CCNC(=NCc1cc(C(C)C)no1)NCCNC(C)=O.I. The van der Waals surface area contributed by atoms with Gasteiger partial charge in [0, 0.05) is 32.6 Å². The van der Waals surface area contributed by atoms with Gasteiger partial charge in [-0.2, -0.15) is 0 Å². The summed E-state index contributed by atoms with van der Waals surface area (Å²) in [5, 5.41) is 13.0. The Morgan fingerprint density at radius 1 is 1.32 bits per heavy atom. The molecule has 0 saturated heterocycles. The zero-order valence-corrected chi connectivity index (χ0v) is 15.9. The zero-order valence-electron chi connectivity index (χ0n) is 13.6. The minimum absolute atomic E-state index is 0. The summed E-state index contributed by atoms with van der Waals surface area (Å²) in [6.45, 7) is 9.98. The van der Waals surface area contributed by atoms with Crippen LogP contribution in [0.3, 0.4) is 0 Å². The largest absolute Gasteiger partial charge is 0.359 e. The predicted molar refractivity (Wildman–Crippen MR) is 97.5 cm³/mol. The van der Waals surface area contributed by atoms with Crippen molar-refractivity contribution in [3.63, 3.8) is 0 Å². The first-order valence-electron chi connectivity index (χ1n) is 7.25. The predicted octanol–water partition coefficient (Wildman–Crippen LogP) is 1.61. The van der Waals surface area contributed by atoms with Crippen molar-refractivity contribution < 1.29 is 9.32 Å². The molecule has 0 aliphatic rings. The van der Waals surface area contributed by atoms with E-state index >= 15 is 0 Å². The van der Waals surface area contributed by atoms with Crippen LogP contribution in [0.5, 0.6) is 0 Å². The van der Waals surface area contributed by atoms with Gasteiger partial charge in [0.2, 0.25) is 5.91 Å². The number of aliphatic imine (C=N–C) groups is 1. The number of halogens is 1. The Hall–Kier alpha value is -1.32. The van der Waals surface area contributed by atoms with Crippen LogP contribution >= 0.6 is 24.0 Å². The lowest BCUT2D eigenvalue weighted by atomic mass is 10.1. The maximum Gasteiger partial charge on any atom is 0.216 e. The van der Waals surface area contributed by atoms with Gasteiger partial charge < -0.3 is 20.5 Å². The van der Waals surface area contributed by atoms with Crippen molar-refractivity contribution >= 4 is 35.8 Å². The second kappa shape index (κ2) is 11.3. The fraction of sp³-hybridized carbons (Fsp3) is 0.643. The van der Waals surface area contributed by atoms with Gasteiger partial charge >= 0.3 is 0 Å². The Morgan fingerprint density at radius 3 is 2.55 bits per heavy atom. The minimum atomic E-state index is -0.0402. The van der Waals surface area contributed by atoms with E-state index in [2.05, 4.69) is 39.9 Å². The average molecular weight is 423 g/mol. The second-order valence-electron chi connectivity index (χ2n) is 4.98. The molecule has 0 fully saturated rings. The van der Waals surface area contributed by atoms with Crippen molar-refractivity contribution in [1.29, 1.82) is 0 Å². The quantitative estimate of drug-likeness (QED) is 0.268. The van der Waals surface area contributed by atoms with Crippen molar-refractivity contribution in [3.05, 3.63) is 17.5 Å². The number of nitrogens with one attached hydrogen (secondary N) is 3. The van der Waals surface area contributed by atoms with Crippen LogP contribution in [-0.4, -0.2) is 36.7 Å². The number of aromatic nitrogens is 1. The molecule has 1 heterocycles. The maximum atomic E-state index is 10.8. The number of rotatable bonds is 7. The topological polar surface area (TPSA) is 91.6 Å². The molecule has 0 aliphatic heterocycles. The normalized spacial score (nSPS) is 11.0. The molecule has 8 heteroatoms. The van der Waals surface area contributed by atoms with E-state index in [-0.39, 0.29) is 29.9 Å². The van der Waals surface area contributed by atoms with Crippen molar-refractivity contribution in [2.24, 2.45) is 4.99 Å². The van der Waals surface area contributed by atoms with Crippen LogP contribution in [0.15, 0.2) is 15.6 Å². The summed E-state index contributed by atoms with van der Waals surface area (Å²) in [6, 6.07) is 1.93. The third-order valence-electron chi connectivity index (χ3n) is 2.70. The van der Waals surface area contributed by atoms with E-state index in [1.54, 1.807) is 0 Å². The fourth-order valence-electron chi connectivity index (χ4n) is 1.59. The van der Waals surface area contributed by atoms with Crippen LogP contribution in [-0.2, 0) is 11.3 Å². The molecule has 0 bridgehead atoms. The zero-order chi connectivity index (χ0) is 15.7. The lowest BCUT2D eigenvalue weighted by molar-refractivity contribution is -0.118. The third kappa shape index (κ3) is 8.20. The Kier molecular flexibility index (Phi) is 10.6. The van der Waals surface area contributed by atoms with Gasteiger partial charge in [0.25, 0.3) is 0 Å². The fourth-order valence-corrected chi connectivity index (χ4v) is 1.59. The first-order chi connectivity index (χ1) is 10.0. The highest BCUT2D eigenvalue weighted by Gasteiger charge is 2.07. The van der Waals surface area contributed by atoms with Crippen molar-refractivity contribution in [2.75, 3.05) is 19.6 Å². The van der Waals surface area contributed by atoms with Crippen LogP contribution in [0.2, 0.25) is 0 Å². The number of amides is 1. The van der Waals surface area contributed by atoms with Crippen LogP contribution in [0.25, 0.3) is 0 Å². The lowest BCUT2D eigenvalue weighted by Gasteiger charge is -2.10. The van der Waals surface area contributed by atoms with E-state index in [0.29, 0.717) is 31.5 Å². The molecule has 0 saturated carbocycles. The average Bonchev–Trinajstić information content (AvgIpc) is 2.89. The number of guanidine groups is 1. The molecule has 0 spiro atoms. The third-order valence-corrected chi connectivity index (χ3v) is 2.70. The summed E-state index contributed by atoms with van der Waals surface area (Å²) < 4.78 is 5.24. The molecular formula is C14H26IN5O2. The summed E-state index contributed by atoms with van der Waals surface area (Å²) >= 11 is 0. The number of carbonyl (C=O) groups excluding carboxylic acids is 1. The van der Waals surface area contributed by atoms with E-state index in [9.17, 15) is 4.79 Å². The standard InChI is InChI=1S/C14H25N5O2.HI/c1-5-15-14(17-7-6-16-11(4)20)18-9-12-8-13(10(2)3)19-21-12;/h8,10H,5-7,9H2,1-4H3,(H,16,20)(H2,15,17,18);1H. The molecular weight excluding hydrogens is 397 g/mol. The first kappa shape index (κ1) is 20.7. The van der Waals surface area contributed by atoms with Gasteiger partial charge in [-0.3, -0.25) is 4.79 Å². The molecule has 126 valence electrons. The van der Waals surface area contributed by atoms with Gasteiger partial charge in [-0.05, 0) is 12.8 Å². The summed E-state index contributed by atoms with van der Waals surface area (Å²) in [5.74, 6) is 1.72. The molecule has 22 heavy (non-hydrogen) atoms. The van der Waals surface area contributed by atoms with E-state index in [1.165, 1.54) is 6.92 Å². The molecule has 1 rings (SSSR count). The highest BCUT2D eigenvalue weighted by Crippen LogP contribution is 2.14. The van der Waals surface area contributed by atoms with E-state index in [0.717, 1.165) is 18.0 Å².